The molecule has 1 aliphatic heterocycles. The van der Waals surface area contributed by atoms with Crippen LogP contribution in [0.3, 0.4) is 0 Å². The van der Waals surface area contributed by atoms with E-state index in [4.69, 9.17) is 23.2 Å². The Kier molecular flexibility index (Phi) is 7.89. The molecule has 12 heteroatoms. The first-order valence-corrected chi connectivity index (χ1v) is 14.0. The van der Waals surface area contributed by atoms with Crippen molar-refractivity contribution >= 4 is 51.2 Å². The lowest BCUT2D eigenvalue weighted by atomic mass is 10.0. The second kappa shape index (κ2) is 11.9. The summed E-state index contributed by atoms with van der Waals surface area (Å²) in [7, 11) is 0. The minimum Gasteiger partial charge on any atom is -0.373 e. The van der Waals surface area contributed by atoms with Crippen LogP contribution in [0.4, 0.5) is 25.8 Å². The zero-order valence-corrected chi connectivity index (χ0v) is 23.6. The highest BCUT2D eigenvalue weighted by molar-refractivity contribution is 6.31. The van der Waals surface area contributed by atoms with Gasteiger partial charge in [-0.1, -0.05) is 40.5 Å². The van der Waals surface area contributed by atoms with Crippen molar-refractivity contribution < 1.29 is 8.78 Å². The predicted molar refractivity (Wildman–Crippen MR) is 159 cm³/mol. The number of nitriles is 1. The molecule has 0 saturated carbocycles. The number of aromatic nitrogens is 4. The van der Waals surface area contributed by atoms with Gasteiger partial charge in [0.05, 0.1) is 34.6 Å². The Morgan fingerprint density at radius 3 is 2.52 bits per heavy atom. The minimum atomic E-state index is -0.590. The lowest BCUT2D eigenvalue weighted by molar-refractivity contribution is 0.337. The predicted octanol–water partition coefficient (Wildman–Crippen LogP) is 7.15. The summed E-state index contributed by atoms with van der Waals surface area (Å²) in [6, 6.07) is 16.3. The molecule has 3 aromatic carbocycles. The highest BCUT2D eigenvalue weighted by atomic mass is 35.5. The van der Waals surface area contributed by atoms with Gasteiger partial charge >= 0.3 is 0 Å². The summed E-state index contributed by atoms with van der Waals surface area (Å²) in [5.74, 6) is -1.17. The number of fused-ring (bicyclic) bond motifs is 1. The van der Waals surface area contributed by atoms with Crippen LogP contribution < -0.4 is 16.0 Å². The van der Waals surface area contributed by atoms with E-state index in [0.717, 1.165) is 31.5 Å². The van der Waals surface area contributed by atoms with Crippen LogP contribution in [0.15, 0.2) is 67.0 Å². The fraction of sp³-hybridized carbons (Fsp3) is 0.200. The Labute approximate surface area is 250 Å². The molecule has 0 amide bonds. The Balaban J connectivity index is 1.41. The lowest BCUT2D eigenvalue weighted by Crippen LogP contribution is -2.29. The Morgan fingerprint density at radius 2 is 1.79 bits per heavy atom. The van der Waals surface area contributed by atoms with Crippen LogP contribution in [-0.4, -0.2) is 33.1 Å². The average Bonchev–Trinajstić information content (AvgIpc) is 3.49. The van der Waals surface area contributed by atoms with Crippen LogP contribution in [0.2, 0.25) is 10.0 Å². The number of halogens is 4. The number of hydrogen-bond acceptors (Lipinski definition) is 7. The van der Waals surface area contributed by atoms with E-state index in [9.17, 15) is 9.65 Å². The highest BCUT2D eigenvalue weighted by Crippen LogP contribution is 2.35. The van der Waals surface area contributed by atoms with Crippen molar-refractivity contribution in [3.8, 4) is 6.07 Å². The summed E-state index contributed by atoms with van der Waals surface area (Å²) >= 11 is 12.1. The number of anilines is 3. The summed E-state index contributed by atoms with van der Waals surface area (Å²) in [5.41, 5.74) is 2.91. The van der Waals surface area contributed by atoms with Gasteiger partial charge in [0.2, 0.25) is 0 Å². The topological polar surface area (TPSA) is 103 Å². The monoisotopic (exact) mass is 604 g/mol. The van der Waals surface area contributed by atoms with E-state index in [-0.39, 0.29) is 22.1 Å². The first kappa shape index (κ1) is 27.8. The average molecular weight is 605 g/mol. The van der Waals surface area contributed by atoms with Gasteiger partial charge in [0.15, 0.2) is 5.82 Å². The number of pyridine rings is 1. The number of hydrogen-bond donors (Lipinski definition) is 3. The Hall–Kier alpha value is -4.30. The fourth-order valence-electron chi connectivity index (χ4n) is 5.10. The van der Waals surface area contributed by atoms with Gasteiger partial charge in [-0.3, -0.25) is 4.98 Å². The number of nitrogens with one attached hydrogen (secondary N) is 3. The summed E-state index contributed by atoms with van der Waals surface area (Å²) in [6.07, 6.45) is 5.10. The summed E-state index contributed by atoms with van der Waals surface area (Å²) in [4.78, 5) is 4.19. The molecule has 42 heavy (non-hydrogen) atoms. The van der Waals surface area contributed by atoms with Crippen molar-refractivity contribution in [2.45, 2.75) is 24.9 Å². The van der Waals surface area contributed by atoms with Gasteiger partial charge in [0.25, 0.3) is 0 Å². The van der Waals surface area contributed by atoms with E-state index < -0.39 is 17.7 Å². The van der Waals surface area contributed by atoms with Gasteiger partial charge in [-0.25, -0.2) is 13.5 Å². The second-order valence-corrected chi connectivity index (χ2v) is 10.8. The normalized spacial score (nSPS) is 14.5. The van der Waals surface area contributed by atoms with E-state index >= 15 is 4.39 Å². The van der Waals surface area contributed by atoms with E-state index in [1.165, 1.54) is 30.5 Å². The lowest BCUT2D eigenvalue weighted by Gasteiger charge is -2.22. The van der Waals surface area contributed by atoms with Gasteiger partial charge in [-0.15, -0.1) is 5.10 Å². The van der Waals surface area contributed by atoms with Crippen molar-refractivity contribution in [3.63, 3.8) is 0 Å². The maximum atomic E-state index is 15.5. The highest BCUT2D eigenvalue weighted by Gasteiger charge is 2.23. The Morgan fingerprint density at radius 1 is 1.00 bits per heavy atom. The molecule has 0 spiro atoms. The van der Waals surface area contributed by atoms with Crippen molar-refractivity contribution in [2.75, 3.05) is 23.7 Å². The molecule has 1 fully saturated rings. The summed E-state index contributed by atoms with van der Waals surface area (Å²) in [5, 5.41) is 29.4. The minimum absolute atomic E-state index is 0.0650. The third kappa shape index (κ3) is 5.72. The number of piperidine rings is 1. The molecule has 1 unspecified atom stereocenters. The van der Waals surface area contributed by atoms with Gasteiger partial charge < -0.3 is 16.0 Å². The first-order chi connectivity index (χ1) is 20.4. The molecule has 2 aromatic heterocycles. The van der Waals surface area contributed by atoms with Gasteiger partial charge in [-0.05, 0) is 74.0 Å². The van der Waals surface area contributed by atoms with Gasteiger partial charge in [0.1, 0.15) is 23.1 Å². The van der Waals surface area contributed by atoms with Crippen molar-refractivity contribution in [1.29, 1.82) is 5.26 Å². The molecule has 8 nitrogen and oxygen atoms in total. The molecular weight excluding hydrogens is 581 g/mol. The maximum Gasteiger partial charge on any atom is 0.151 e. The van der Waals surface area contributed by atoms with E-state index in [1.54, 1.807) is 18.2 Å². The van der Waals surface area contributed by atoms with Crippen LogP contribution in [0.1, 0.15) is 41.7 Å². The standard InChI is InChI=1S/C30H24Cl2F2N8/c31-19-3-1-17(2-4-19)29(27-16-42(41-40-27)22-7-9-36-10-8-22)39-21-11-23-28(38-20-5-6-25(33)24(32)12-20)18(14-35)15-37-30(23)26(34)13-21/h1-6,11-13,15-16,22,29,36,39H,7-10H2,(H,37,38). The maximum absolute atomic E-state index is 15.5. The van der Waals surface area contributed by atoms with Crippen molar-refractivity contribution in [1.82, 2.24) is 25.3 Å². The molecule has 1 atom stereocenters. The molecule has 3 heterocycles. The van der Waals surface area contributed by atoms with Crippen molar-refractivity contribution in [3.05, 3.63) is 105 Å². The Bertz CT molecular complexity index is 1800. The molecule has 0 aliphatic carbocycles. The largest absolute Gasteiger partial charge is 0.373 e. The quantitative estimate of drug-likeness (QED) is 0.181. The fourth-order valence-corrected chi connectivity index (χ4v) is 5.41. The van der Waals surface area contributed by atoms with Crippen LogP contribution in [0.5, 0.6) is 0 Å². The van der Waals surface area contributed by atoms with E-state index in [2.05, 4.69) is 37.3 Å². The number of rotatable bonds is 7. The van der Waals surface area contributed by atoms with Crippen LogP contribution in [-0.2, 0) is 0 Å². The molecule has 0 radical (unpaired) electrons. The third-order valence-electron chi connectivity index (χ3n) is 7.26. The van der Waals surface area contributed by atoms with Gasteiger partial charge in [0, 0.05) is 28.0 Å². The van der Waals surface area contributed by atoms with Crippen molar-refractivity contribution in [2.24, 2.45) is 0 Å². The molecule has 6 rings (SSSR count). The summed E-state index contributed by atoms with van der Waals surface area (Å²) < 4.78 is 31.2. The molecule has 0 bridgehead atoms. The molecule has 212 valence electrons. The molecule has 5 aromatic rings. The molecule has 1 saturated heterocycles. The second-order valence-electron chi connectivity index (χ2n) is 10.0. The SMILES string of the molecule is N#Cc1cnc2c(F)cc(NC(c3ccc(Cl)cc3)c3cn(C4CCNCC4)nn3)cc2c1Nc1ccc(F)c(Cl)c1. The first-order valence-electron chi connectivity index (χ1n) is 13.3. The van der Waals surface area contributed by atoms with E-state index in [0.29, 0.717) is 33.2 Å². The number of benzene rings is 3. The van der Waals surface area contributed by atoms with Crippen LogP contribution in [0.25, 0.3) is 10.9 Å². The smallest absolute Gasteiger partial charge is 0.151 e. The van der Waals surface area contributed by atoms with Crippen LogP contribution >= 0.6 is 23.2 Å². The number of nitrogens with zero attached hydrogens (tertiary/aromatic N) is 5. The molecular formula is C30H24Cl2F2N8. The van der Waals surface area contributed by atoms with Gasteiger partial charge in [-0.2, -0.15) is 5.26 Å². The van der Waals surface area contributed by atoms with Crippen LogP contribution in [0, 0.1) is 23.0 Å². The summed E-state index contributed by atoms with van der Waals surface area (Å²) in [6.45, 7) is 1.82. The third-order valence-corrected chi connectivity index (χ3v) is 7.80. The zero-order chi connectivity index (χ0) is 29.2. The van der Waals surface area contributed by atoms with E-state index in [1.807, 2.05) is 23.0 Å². The molecule has 3 N–H and O–H groups in total. The zero-order valence-electron chi connectivity index (χ0n) is 22.1. The molecule has 1 aliphatic rings.